The van der Waals surface area contributed by atoms with E-state index in [1.165, 1.54) is 37.4 Å². The van der Waals surface area contributed by atoms with Gasteiger partial charge in [0.25, 0.3) is 0 Å². The van der Waals surface area contributed by atoms with Gasteiger partial charge < -0.3 is 10.1 Å². The van der Waals surface area contributed by atoms with Gasteiger partial charge in [0.1, 0.15) is 29.0 Å². The second-order valence-electron chi connectivity index (χ2n) is 3.74. The van der Waals surface area contributed by atoms with Crippen molar-refractivity contribution in [3.63, 3.8) is 0 Å². The molecule has 1 N–H and O–H groups in total. The third-order valence-corrected chi connectivity index (χ3v) is 2.56. The van der Waals surface area contributed by atoms with E-state index in [1.807, 2.05) is 0 Å². The molecule has 2 aromatic carbocycles. The zero-order chi connectivity index (χ0) is 13.8. The van der Waals surface area contributed by atoms with Crippen LogP contribution in [0, 0.1) is 23.0 Å². The predicted octanol–water partition coefficient (Wildman–Crippen LogP) is 3.59. The largest absolute Gasteiger partial charge is 0.494 e. The highest BCUT2D eigenvalue weighted by Gasteiger charge is 2.10. The number of anilines is 2. The summed E-state index contributed by atoms with van der Waals surface area (Å²) in [7, 11) is 1.40. The Morgan fingerprint density at radius 2 is 1.95 bits per heavy atom. The van der Waals surface area contributed by atoms with Crippen molar-refractivity contribution in [2.24, 2.45) is 0 Å². The first-order valence-corrected chi connectivity index (χ1v) is 5.45. The van der Waals surface area contributed by atoms with E-state index in [0.29, 0.717) is 11.4 Å². The Morgan fingerprint density at radius 3 is 2.63 bits per heavy atom. The van der Waals surface area contributed by atoms with Crippen molar-refractivity contribution in [1.82, 2.24) is 0 Å². The molecule has 0 radical (unpaired) electrons. The molecule has 0 heterocycles. The maximum Gasteiger partial charge on any atom is 0.145 e. The molecule has 0 bridgehead atoms. The fraction of sp³-hybridized carbons (Fsp3) is 0.0714. The molecule has 0 aliphatic rings. The molecule has 0 saturated heterocycles. The monoisotopic (exact) mass is 260 g/mol. The normalized spacial score (nSPS) is 9.79. The van der Waals surface area contributed by atoms with Crippen molar-refractivity contribution in [2.45, 2.75) is 0 Å². The molecule has 0 atom stereocenters. The van der Waals surface area contributed by atoms with Crippen LogP contribution in [0.1, 0.15) is 5.56 Å². The molecule has 0 fully saturated rings. The van der Waals surface area contributed by atoms with Gasteiger partial charge in [-0.3, -0.25) is 0 Å². The number of hydrogen-bond acceptors (Lipinski definition) is 3. The minimum absolute atomic E-state index is 0.103. The molecule has 96 valence electrons. The summed E-state index contributed by atoms with van der Waals surface area (Å²) in [6, 6.07) is 9.93. The molecule has 0 amide bonds. The number of rotatable bonds is 3. The molecular formula is C14H10F2N2O. The van der Waals surface area contributed by atoms with E-state index in [0.717, 1.165) is 0 Å². The van der Waals surface area contributed by atoms with Crippen LogP contribution in [0.3, 0.4) is 0 Å². The molecule has 2 rings (SSSR count). The molecule has 0 aliphatic carbocycles. The van der Waals surface area contributed by atoms with E-state index in [2.05, 4.69) is 5.32 Å². The Labute approximate surface area is 109 Å². The van der Waals surface area contributed by atoms with Crippen LogP contribution in [0.15, 0.2) is 36.4 Å². The van der Waals surface area contributed by atoms with E-state index in [1.54, 1.807) is 12.1 Å². The number of halogens is 2. The first kappa shape index (κ1) is 12.8. The van der Waals surface area contributed by atoms with Crippen LogP contribution >= 0.6 is 0 Å². The van der Waals surface area contributed by atoms with Gasteiger partial charge in [-0.2, -0.15) is 5.26 Å². The van der Waals surface area contributed by atoms with Gasteiger partial charge in [-0.15, -0.1) is 0 Å². The lowest BCUT2D eigenvalue weighted by molar-refractivity contribution is 0.413. The third kappa shape index (κ3) is 2.63. The third-order valence-electron chi connectivity index (χ3n) is 2.56. The van der Waals surface area contributed by atoms with Gasteiger partial charge >= 0.3 is 0 Å². The molecule has 3 nitrogen and oxygen atoms in total. The summed E-state index contributed by atoms with van der Waals surface area (Å²) in [6.45, 7) is 0. The Kier molecular flexibility index (Phi) is 3.62. The highest BCUT2D eigenvalue weighted by molar-refractivity contribution is 5.70. The lowest BCUT2D eigenvalue weighted by Gasteiger charge is -2.12. The van der Waals surface area contributed by atoms with E-state index in [-0.39, 0.29) is 11.3 Å². The summed E-state index contributed by atoms with van der Waals surface area (Å²) in [4.78, 5) is 0. The molecule has 0 saturated carbocycles. The Morgan fingerprint density at radius 1 is 1.16 bits per heavy atom. The molecule has 2 aromatic rings. The van der Waals surface area contributed by atoms with Crippen LogP contribution in [0.5, 0.6) is 5.75 Å². The first-order valence-electron chi connectivity index (χ1n) is 5.45. The van der Waals surface area contributed by atoms with Crippen LogP contribution in [0.25, 0.3) is 0 Å². The molecule has 0 aliphatic heterocycles. The summed E-state index contributed by atoms with van der Waals surface area (Å²) in [5, 5.41) is 11.8. The molecule has 0 unspecified atom stereocenters. The molecular weight excluding hydrogens is 250 g/mol. The summed E-state index contributed by atoms with van der Waals surface area (Å²) in [5.41, 5.74) is 0.646. The average molecular weight is 260 g/mol. The molecule has 0 aromatic heterocycles. The van der Waals surface area contributed by atoms with Gasteiger partial charge in [-0.1, -0.05) is 6.07 Å². The highest BCUT2D eigenvalue weighted by atomic mass is 19.1. The number of methoxy groups -OCH3 is 1. The zero-order valence-electron chi connectivity index (χ0n) is 10.1. The van der Waals surface area contributed by atoms with Gasteiger partial charge in [0.2, 0.25) is 0 Å². The van der Waals surface area contributed by atoms with Gasteiger partial charge in [0, 0.05) is 6.07 Å². The highest BCUT2D eigenvalue weighted by Crippen LogP contribution is 2.30. The van der Waals surface area contributed by atoms with Crippen LogP contribution in [-0.2, 0) is 0 Å². The van der Waals surface area contributed by atoms with Gasteiger partial charge in [0.05, 0.1) is 18.5 Å². The van der Waals surface area contributed by atoms with E-state index < -0.39 is 11.6 Å². The van der Waals surface area contributed by atoms with Crippen molar-refractivity contribution in [1.29, 1.82) is 5.26 Å². The van der Waals surface area contributed by atoms with Gasteiger partial charge in [-0.05, 0) is 24.3 Å². The summed E-state index contributed by atoms with van der Waals surface area (Å²) < 4.78 is 31.5. The number of ether oxygens (including phenoxy) is 1. The number of hydrogen-bond donors (Lipinski definition) is 1. The van der Waals surface area contributed by atoms with Gasteiger partial charge in [0.15, 0.2) is 0 Å². The zero-order valence-corrected chi connectivity index (χ0v) is 10.1. The van der Waals surface area contributed by atoms with E-state index >= 15 is 0 Å². The van der Waals surface area contributed by atoms with Crippen LogP contribution in [-0.4, -0.2) is 7.11 Å². The lowest BCUT2D eigenvalue weighted by atomic mass is 10.1. The number of nitriles is 1. The van der Waals surface area contributed by atoms with E-state index in [4.69, 9.17) is 10.00 Å². The van der Waals surface area contributed by atoms with Crippen molar-refractivity contribution in [3.05, 3.63) is 53.6 Å². The molecule has 19 heavy (non-hydrogen) atoms. The maximum absolute atomic E-state index is 13.4. The average Bonchev–Trinajstić information content (AvgIpc) is 2.41. The molecule has 5 heteroatoms. The van der Waals surface area contributed by atoms with Crippen molar-refractivity contribution < 1.29 is 13.5 Å². The second kappa shape index (κ2) is 5.36. The molecule has 0 spiro atoms. The number of nitrogens with one attached hydrogen (secondary N) is 1. The predicted molar refractivity (Wildman–Crippen MR) is 67.3 cm³/mol. The first-order chi connectivity index (χ1) is 9.15. The van der Waals surface area contributed by atoms with E-state index in [9.17, 15) is 8.78 Å². The Hall–Kier alpha value is -2.61. The topological polar surface area (TPSA) is 45.0 Å². The quantitative estimate of drug-likeness (QED) is 0.917. The summed E-state index contributed by atoms with van der Waals surface area (Å²) >= 11 is 0. The standard InChI is InChI=1S/C14H10F2N2O/c1-19-14-7-9(15)5-6-13(14)18-12-4-2-3-11(16)10(12)8-17/h2-7,18H,1H3. The summed E-state index contributed by atoms with van der Waals surface area (Å²) in [6.07, 6.45) is 0. The minimum atomic E-state index is -0.617. The second-order valence-corrected chi connectivity index (χ2v) is 3.74. The lowest BCUT2D eigenvalue weighted by Crippen LogP contribution is -1.98. The SMILES string of the molecule is COc1cc(F)ccc1Nc1cccc(F)c1C#N. The van der Waals surface area contributed by atoms with Crippen molar-refractivity contribution in [3.8, 4) is 11.8 Å². The van der Waals surface area contributed by atoms with Crippen molar-refractivity contribution in [2.75, 3.05) is 12.4 Å². The summed E-state index contributed by atoms with van der Waals surface area (Å²) in [5.74, 6) is -0.788. The minimum Gasteiger partial charge on any atom is -0.494 e. The fourth-order valence-electron chi connectivity index (χ4n) is 1.66. The number of nitrogens with zero attached hydrogens (tertiary/aromatic N) is 1. The van der Waals surface area contributed by atoms with Crippen molar-refractivity contribution >= 4 is 11.4 Å². The van der Waals surface area contributed by atoms with Gasteiger partial charge in [-0.25, -0.2) is 8.78 Å². The Balaban J connectivity index is 2.42. The fourth-order valence-corrected chi connectivity index (χ4v) is 1.66. The Bertz CT molecular complexity index is 650. The van der Waals surface area contributed by atoms with Crippen LogP contribution in [0.4, 0.5) is 20.2 Å². The number of benzene rings is 2. The van der Waals surface area contributed by atoms with Crippen LogP contribution < -0.4 is 10.1 Å². The van der Waals surface area contributed by atoms with Crippen LogP contribution in [0.2, 0.25) is 0 Å². The smallest absolute Gasteiger partial charge is 0.145 e. The maximum atomic E-state index is 13.4.